The second kappa shape index (κ2) is 32.8. The molecule has 1 saturated heterocycles. The Hall–Kier alpha value is -11.1. The lowest BCUT2D eigenvalue weighted by atomic mass is 9.75. The molecule has 0 saturated carbocycles. The van der Waals surface area contributed by atoms with Crippen molar-refractivity contribution < 1.29 is 79.9 Å². The van der Waals surface area contributed by atoms with Crippen molar-refractivity contribution in [3.05, 3.63) is 251 Å². The summed E-state index contributed by atoms with van der Waals surface area (Å²) in [6.07, 6.45) is 3.28. The van der Waals surface area contributed by atoms with Crippen LogP contribution in [0.1, 0.15) is 186 Å². The minimum Gasteiger partial charge on any atom is -0.492 e. The van der Waals surface area contributed by atoms with Crippen molar-refractivity contribution in [1.29, 1.82) is 15.8 Å². The molecular formula is C89H82BBrF3N3O14. The van der Waals surface area contributed by atoms with Crippen LogP contribution in [0.2, 0.25) is 0 Å². The highest BCUT2D eigenvalue weighted by atomic mass is 79.9. The van der Waals surface area contributed by atoms with Crippen molar-refractivity contribution in [1.82, 2.24) is 0 Å². The minimum atomic E-state index is -0.860. The fraction of sp³-hybridized carbons (Fsp3) is 0.326. The fourth-order valence-corrected chi connectivity index (χ4v) is 16.1. The summed E-state index contributed by atoms with van der Waals surface area (Å²) in [5.41, 5.74) is 15.6. The molecule has 0 aromatic heterocycles. The van der Waals surface area contributed by atoms with Gasteiger partial charge >= 0.3 is 25.0 Å². The highest BCUT2D eigenvalue weighted by molar-refractivity contribution is 9.10. The van der Waals surface area contributed by atoms with Gasteiger partial charge in [0.15, 0.2) is 0 Å². The maximum Gasteiger partial charge on any atom is 0.495 e. The third kappa shape index (κ3) is 16.1. The fourth-order valence-electron chi connectivity index (χ4n) is 15.7. The number of hydrogen-bond acceptors (Lipinski definition) is 16. The number of nitriles is 3. The lowest BCUT2D eigenvalue weighted by molar-refractivity contribution is -0.142. The van der Waals surface area contributed by atoms with E-state index in [0.29, 0.717) is 121 Å². The van der Waals surface area contributed by atoms with Crippen LogP contribution < -0.4 is 33.9 Å². The highest BCUT2D eigenvalue weighted by Gasteiger charge is 2.53. The molecule has 6 atom stereocenters. The van der Waals surface area contributed by atoms with Crippen LogP contribution in [0.3, 0.4) is 0 Å². The lowest BCUT2D eigenvalue weighted by Gasteiger charge is -2.32. The number of esters is 2. The molecule has 17 nitrogen and oxygen atoms in total. The maximum absolute atomic E-state index is 15.0. The Balaban J connectivity index is 0.000000137. The van der Waals surface area contributed by atoms with Gasteiger partial charge in [0.2, 0.25) is 0 Å². The number of carboxylic acid groups (broad SMARTS) is 1. The molecule has 9 aromatic carbocycles. The smallest absolute Gasteiger partial charge is 0.492 e. The Morgan fingerprint density at radius 1 is 0.486 bits per heavy atom. The zero-order chi connectivity index (χ0) is 78.7. The zero-order valence-electron chi connectivity index (χ0n) is 63.0. The second-order valence-corrected chi connectivity index (χ2v) is 30.4. The van der Waals surface area contributed by atoms with E-state index < -0.39 is 42.6 Å². The summed E-state index contributed by atoms with van der Waals surface area (Å²) in [6.45, 7) is 15.0. The summed E-state index contributed by atoms with van der Waals surface area (Å²) >= 11 is 3.34. The van der Waals surface area contributed by atoms with E-state index in [0.717, 1.165) is 87.8 Å². The number of fused-ring (bicyclic) bond motifs is 6. The van der Waals surface area contributed by atoms with E-state index in [9.17, 15) is 29.3 Å². The number of carboxylic acids is 1. The first-order valence-corrected chi connectivity index (χ1v) is 37.7. The summed E-state index contributed by atoms with van der Waals surface area (Å²) < 4.78 is 104. The van der Waals surface area contributed by atoms with E-state index in [1.54, 1.807) is 48.5 Å². The molecule has 1 N–H and O–H groups in total. The molecule has 568 valence electrons. The van der Waals surface area contributed by atoms with Gasteiger partial charge in [-0.2, -0.15) is 15.8 Å². The molecule has 1 fully saturated rings. The standard InChI is InChI=1S/C28H24FNO4.C27H22FNO4.C26H30BFO6.C8H6BrN/c1-16-17(14-30)4-3-5-20(16)22-8-10-24(29)28-23(22)9-11-25(28)34-19-6-7-21-18(12-27(31)32-2)15-33-26(21)13-19;1-15-16(13-29)3-2-4-19(15)21-7-9-23(28)27-22(21)8-10-24(27)33-18-5-6-20-17(11-26(30)31)14-32-25(20)12-18;1-25(2)26(3,4)34-27(33-25)19-9-10-20(28)24-18(19)8-11-21(24)32-16-6-7-17-15(12-23(29)30-5)14-31-22(17)13-16;1-6-7(5-10)3-2-4-8(6)9/h3-8,10,13,18,25H,9,11-12,15H2,1-2H3;2-7,9,12,17,24H,8,10-11,14H2,1H3,(H,30,31);6-7,9-10,13,15,21H,8,11-12,14H2,1-5H3;2-4H,1H3/t18-,25-;17-,24-;15-,21-;/m111./s1. The number of nitrogens with zero attached hydrogens (tertiary/aromatic N) is 3. The first-order chi connectivity index (χ1) is 53.3. The van der Waals surface area contributed by atoms with Crippen molar-refractivity contribution in [2.24, 2.45) is 0 Å². The van der Waals surface area contributed by atoms with Crippen LogP contribution in [0.4, 0.5) is 13.2 Å². The zero-order valence-corrected chi connectivity index (χ0v) is 64.6. The quantitative estimate of drug-likeness (QED) is 0.0742. The molecule has 4 aliphatic heterocycles. The van der Waals surface area contributed by atoms with E-state index in [1.165, 1.54) is 32.4 Å². The molecule has 0 spiro atoms. The first kappa shape index (κ1) is 78.1. The van der Waals surface area contributed by atoms with Gasteiger partial charge in [-0.15, -0.1) is 0 Å². The summed E-state index contributed by atoms with van der Waals surface area (Å²) in [5, 5.41) is 36.5. The number of carbonyl (C=O) groups is 3. The van der Waals surface area contributed by atoms with Gasteiger partial charge in [0.25, 0.3) is 0 Å². The Labute approximate surface area is 651 Å². The van der Waals surface area contributed by atoms with E-state index in [4.69, 9.17) is 57.6 Å². The number of carbonyl (C=O) groups excluding carboxylic acids is 2. The Morgan fingerprint density at radius 2 is 0.847 bits per heavy atom. The third-order valence-corrected chi connectivity index (χ3v) is 23.3. The predicted octanol–water partition coefficient (Wildman–Crippen LogP) is 18.3. The van der Waals surface area contributed by atoms with Crippen LogP contribution in [-0.4, -0.2) is 75.4 Å². The topological polar surface area (TPSA) is 235 Å². The van der Waals surface area contributed by atoms with Crippen LogP contribution in [0.15, 0.2) is 150 Å². The molecule has 0 bridgehead atoms. The molecule has 4 heterocycles. The highest BCUT2D eigenvalue weighted by Crippen LogP contribution is 2.49. The Kier molecular flexibility index (Phi) is 23.1. The van der Waals surface area contributed by atoms with Crippen LogP contribution in [-0.2, 0) is 52.4 Å². The van der Waals surface area contributed by atoms with Gasteiger partial charge in [-0.3, -0.25) is 14.4 Å². The van der Waals surface area contributed by atoms with Gasteiger partial charge in [0.1, 0.15) is 70.3 Å². The number of ether oxygens (including phenoxy) is 8. The normalized spacial score (nSPS) is 19.0. The molecule has 16 rings (SSSR count). The van der Waals surface area contributed by atoms with Crippen LogP contribution in [0, 0.1) is 72.2 Å². The molecule has 22 heteroatoms. The molecule has 3 aliphatic carbocycles. The molecular weight excluding hydrogens is 1480 g/mol. The minimum absolute atomic E-state index is 0.0175. The van der Waals surface area contributed by atoms with Crippen LogP contribution >= 0.6 is 15.9 Å². The van der Waals surface area contributed by atoms with E-state index in [-0.39, 0.29) is 66.4 Å². The number of rotatable bonds is 15. The summed E-state index contributed by atoms with van der Waals surface area (Å²) in [7, 11) is 2.21. The molecule has 0 radical (unpaired) electrons. The second-order valence-electron chi connectivity index (χ2n) is 29.5. The van der Waals surface area contributed by atoms with Gasteiger partial charge in [-0.25, -0.2) is 13.2 Å². The van der Waals surface area contributed by atoms with Crippen molar-refractivity contribution in [3.8, 4) is 75.0 Å². The third-order valence-electron chi connectivity index (χ3n) is 22.4. The Bertz CT molecular complexity index is 5260. The molecule has 0 amide bonds. The van der Waals surface area contributed by atoms with E-state index in [1.807, 2.05) is 127 Å². The number of methoxy groups -OCH3 is 2. The van der Waals surface area contributed by atoms with Crippen LogP contribution in [0.5, 0.6) is 34.5 Å². The van der Waals surface area contributed by atoms with Gasteiger partial charge in [0.05, 0.1) is 99.4 Å². The number of benzene rings is 9. The number of aliphatic carboxylic acids is 1. The summed E-state index contributed by atoms with van der Waals surface area (Å²) in [5.74, 6) is 1.24. The predicted molar refractivity (Wildman–Crippen MR) is 413 cm³/mol. The largest absolute Gasteiger partial charge is 0.495 e. The van der Waals surface area contributed by atoms with E-state index >= 15 is 8.78 Å². The SMILES string of the molecule is COC(=O)C[C@@H]1COc2cc(O[C@@H]3CCc4c(-c5cccc(C#N)c5C)ccc(F)c43)ccc21.COC(=O)C[C@@H]1COc2cc(O[C@@H]3CCc4c(B5OC(C)(C)C(C)(C)O5)ccc(F)c43)ccc21.Cc1c(Br)cccc1C#N.Cc1c(C#N)cccc1-c1ccc(F)c2c1CC[C@H]2Oc1ccc2c(c1)OC[C@H]2CC(=O)O. The lowest BCUT2D eigenvalue weighted by Crippen LogP contribution is -2.41. The van der Waals surface area contributed by atoms with Crippen molar-refractivity contribution in [2.45, 2.75) is 154 Å². The van der Waals surface area contributed by atoms with Crippen molar-refractivity contribution >= 4 is 46.4 Å². The molecule has 111 heavy (non-hydrogen) atoms. The van der Waals surface area contributed by atoms with Crippen LogP contribution in [0.25, 0.3) is 22.3 Å². The van der Waals surface area contributed by atoms with Gasteiger partial charge < -0.3 is 52.3 Å². The summed E-state index contributed by atoms with van der Waals surface area (Å²) in [4.78, 5) is 34.4. The monoisotopic (exact) mass is 1560 g/mol. The molecule has 0 unspecified atom stereocenters. The van der Waals surface area contributed by atoms with Gasteiger partial charge in [-0.05, 0) is 209 Å². The average Bonchev–Trinajstić information content (AvgIpc) is 1.63. The maximum atomic E-state index is 15.0. The Morgan fingerprint density at radius 3 is 1.23 bits per heavy atom. The number of halogens is 4. The average molecular weight is 1570 g/mol. The van der Waals surface area contributed by atoms with Gasteiger partial charge in [-0.1, -0.05) is 82.7 Å². The number of hydrogen-bond donors (Lipinski definition) is 1. The molecule has 7 aliphatic rings. The summed E-state index contributed by atoms with van der Waals surface area (Å²) in [6, 6.07) is 49.7. The van der Waals surface area contributed by atoms with Crippen molar-refractivity contribution in [3.63, 3.8) is 0 Å². The van der Waals surface area contributed by atoms with Gasteiger partial charge in [0, 0.05) is 73.8 Å². The van der Waals surface area contributed by atoms with Crippen molar-refractivity contribution in [2.75, 3.05) is 34.0 Å². The first-order valence-electron chi connectivity index (χ1n) is 36.9. The van der Waals surface area contributed by atoms with E-state index in [2.05, 4.69) is 34.1 Å². The molecule has 9 aromatic rings.